The normalized spacial score (nSPS) is 19.1. The van der Waals surface area contributed by atoms with Crippen molar-refractivity contribution in [1.82, 2.24) is 4.31 Å². The Bertz CT molecular complexity index is 242. The van der Waals surface area contributed by atoms with Crippen molar-refractivity contribution in [3.8, 4) is 0 Å². The fourth-order valence-corrected chi connectivity index (χ4v) is 1.31. The maximum Gasteiger partial charge on any atom is 0.204 e. The maximum atomic E-state index is 9.57. The largest absolute Gasteiger partial charge is 0.378 e. The summed E-state index contributed by atoms with van der Waals surface area (Å²) < 4.78 is 20.8. The number of nitrogens with zero attached hydrogens (tertiary/aromatic N) is 1. The predicted molar refractivity (Wildman–Crippen MR) is 66.6 cm³/mol. The molecule has 1 amide bonds. The molecule has 8 heteroatoms. The number of thiol groups is 2. The van der Waals surface area contributed by atoms with Gasteiger partial charge >= 0.3 is 0 Å². The van der Waals surface area contributed by atoms with Crippen LogP contribution in [0.5, 0.6) is 0 Å². The highest BCUT2D eigenvalue weighted by molar-refractivity contribution is 7.77. The topological polar surface area (TPSA) is 101 Å². The number of aliphatic hydroxyl groups excluding tert-OH is 1. The minimum atomic E-state index is -2.22. The Hall–Kier alpha value is -0.570. The second-order valence-corrected chi connectivity index (χ2v) is 4.27. The van der Waals surface area contributed by atoms with Gasteiger partial charge in [0, 0.05) is 6.54 Å². The van der Waals surface area contributed by atoms with Crippen LogP contribution in [0.4, 0.5) is 0 Å². The molecule has 0 bridgehead atoms. The first-order valence-electron chi connectivity index (χ1n) is 4.51. The Morgan fingerprint density at radius 2 is 2.12 bits per heavy atom. The molecular weight excluding hydrogens is 252 g/mol. The van der Waals surface area contributed by atoms with Gasteiger partial charge in [-0.3, -0.25) is 4.79 Å². The van der Waals surface area contributed by atoms with Gasteiger partial charge in [-0.25, -0.2) is 12.7 Å². The molecule has 0 aromatic heterocycles. The highest BCUT2D eigenvalue weighted by Gasteiger charge is 2.17. The highest BCUT2D eigenvalue weighted by atomic mass is 32.2. The number of carbonyl (C=O) groups is 1. The summed E-state index contributed by atoms with van der Waals surface area (Å²) in [6, 6.07) is 0. The number of rotatable bonds is 2. The van der Waals surface area contributed by atoms with Crippen LogP contribution in [0.2, 0.25) is 0 Å². The monoisotopic (exact) mass is 270 g/mol. The quantitative estimate of drug-likeness (QED) is 0.297. The van der Waals surface area contributed by atoms with Crippen molar-refractivity contribution in [2.75, 3.05) is 12.3 Å². The van der Waals surface area contributed by atoms with Crippen molar-refractivity contribution in [3.05, 3.63) is 12.7 Å². The van der Waals surface area contributed by atoms with E-state index in [1.54, 1.807) is 4.31 Å². The summed E-state index contributed by atoms with van der Waals surface area (Å²) >= 11 is 3.97. The van der Waals surface area contributed by atoms with E-state index in [1.165, 1.54) is 6.08 Å². The Labute approximate surface area is 103 Å². The average Bonchev–Trinajstić information content (AvgIpc) is 2.53. The van der Waals surface area contributed by atoms with Crippen molar-refractivity contribution in [2.45, 2.75) is 19.1 Å². The summed E-state index contributed by atoms with van der Waals surface area (Å²) in [5.74, 6) is 0.0926. The first-order chi connectivity index (χ1) is 7.49. The zero-order chi connectivity index (χ0) is 13.0. The summed E-state index contributed by atoms with van der Waals surface area (Å²) in [4.78, 5) is 8.58. The Morgan fingerprint density at radius 3 is 2.19 bits per heavy atom. The molecule has 3 N–H and O–H groups in total. The van der Waals surface area contributed by atoms with Gasteiger partial charge in [-0.1, -0.05) is 18.9 Å². The summed E-state index contributed by atoms with van der Waals surface area (Å²) in [7, 11) is -2.22. The van der Waals surface area contributed by atoms with Gasteiger partial charge in [-0.2, -0.15) is 0 Å². The Balaban J connectivity index is 0. The molecule has 0 spiro atoms. The SMILES string of the molecule is C=CC[SH](=O)=O.NC=O.O[C@@H]1CCCN1S. The highest BCUT2D eigenvalue weighted by Crippen LogP contribution is 2.15. The van der Waals surface area contributed by atoms with Gasteiger partial charge in [0.2, 0.25) is 6.41 Å². The summed E-state index contributed by atoms with van der Waals surface area (Å²) in [5, 5.41) is 8.85. The van der Waals surface area contributed by atoms with E-state index in [0.29, 0.717) is 0 Å². The molecule has 1 aliphatic heterocycles. The number of hydrogen-bond acceptors (Lipinski definition) is 6. The fourth-order valence-electron chi connectivity index (χ4n) is 0.839. The molecule has 96 valence electrons. The van der Waals surface area contributed by atoms with Crippen LogP contribution >= 0.6 is 12.8 Å². The first-order valence-corrected chi connectivity index (χ1v) is 6.27. The van der Waals surface area contributed by atoms with Gasteiger partial charge in [-0.15, -0.1) is 6.58 Å². The molecule has 1 fully saturated rings. The number of aliphatic hydroxyl groups is 1. The van der Waals surface area contributed by atoms with Crippen molar-refractivity contribution in [3.63, 3.8) is 0 Å². The number of carbonyl (C=O) groups excluding carboxylic acids is 1. The van der Waals surface area contributed by atoms with Crippen LogP contribution < -0.4 is 5.73 Å². The molecule has 1 rings (SSSR count). The second kappa shape index (κ2) is 12.5. The predicted octanol–water partition coefficient (Wildman–Crippen LogP) is -0.869. The zero-order valence-electron chi connectivity index (χ0n) is 8.86. The Morgan fingerprint density at radius 1 is 1.62 bits per heavy atom. The number of amides is 1. The minimum absolute atomic E-state index is 0.0926. The van der Waals surface area contributed by atoms with Crippen LogP contribution in [0.15, 0.2) is 12.7 Å². The maximum absolute atomic E-state index is 9.57. The molecule has 0 radical (unpaired) electrons. The molecule has 0 aliphatic carbocycles. The summed E-state index contributed by atoms with van der Waals surface area (Å²) in [6.07, 6.45) is 3.27. The Kier molecular flexibility index (Phi) is 13.9. The van der Waals surface area contributed by atoms with E-state index in [9.17, 15) is 8.42 Å². The van der Waals surface area contributed by atoms with E-state index in [-0.39, 0.29) is 18.4 Å². The first kappa shape index (κ1) is 17.8. The molecule has 6 nitrogen and oxygen atoms in total. The van der Waals surface area contributed by atoms with Gasteiger partial charge in [0.05, 0.1) is 5.75 Å². The lowest BCUT2D eigenvalue weighted by atomic mass is 10.4. The van der Waals surface area contributed by atoms with E-state index in [4.69, 9.17) is 9.90 Å². The fraction of sp³-hybridized carbons (Fsp3) is 0.625. The molecular formula is C8H18N2O4S2. The van der Waals surface area contributed by atoms with Crippen LogP contribution in [0.3, 0.4) is 0 Å². The third-order valence-corrected chi connectivity index (χ3v) is 2.49. The van der Waals surface area contributed by atoms with Gasteiger partial charge in [-0.05, 0) is 12.8 Å². The van der Waals surface area contributed by atoms with Crippen molar-refractivity contribution < 1.29 is 18.3 Å². The van der Waals surface area contributed by atoms with Crippen molar-refractivity contribution in [1.29, 1.82) is 0 Å². The summed E-state index contributed by atoms with van der Waals surface area (Å²) in [5.41, 5.74) is 4.17. The number of primary amides is 1. The van der Waals surface area contributed by atoms with Crippen molar-refractivity contribution >= 4 is 29.9 Å². The van der Waals surface area contributed by atoms with E-state index in [0.717, 1.165) is 19.4 Å². The molecule has 1 atom stereocenters. The van der Waals surface area contributed by atoms with Gasteiger partial charge in [0.1, 0.15) is 16.9 Å². The number of hydrogen-bond donors (Lipinski definition) is 4. The van der Waals surface area contributed by atoms with E-state index in [2.05, 4.69) is 25.1 Å². The molecule has 0 unspecified atom stereocenters. The molecule has 0 saturated carbocycles. The van der Waals surface area contributed by atoms with Gasteiger partial charge < -0.3 is 10.8 Å². The lowest BCUT2D eigenvalue weighted by Crippen LogP contribution is -2.17. The molecule has 1 heterocycles. The number of nitrogens with two attached hydrogens (primary N) is 1. The third-order valence-electron chi connectivity index (χ3n) is 1.47. The molecule has 0 aromatic rings. The smallest absolute Gasteiger partial charge is 0.204 e. The lowest BCUT2D eigenvalue weighted by Gasteiger charge is -2.09. The summed E-state index contributed by atoms with van der Waals surface area (Å²) in [6.45, 7) is 4.14. The zero-order valence-corrected chi connectivity index (χ0v) is 10.6. The van der Waals surface area contributed by atoms with E-state index < -0.39 is 10.7 Å². The van der Waals surface area contributed by atoms with Crippen LogP contribution in [-0.4, -0.2) is 42.8 Å². The molecule has 1 aliphatic rings. The van der Waals surface area contributed by atoms with E-state index in [1.807, 2.05) is 0 Å². The van der Waals surface area contributed by atoms with E-state index >= 15 is 0 Å². The minimum Gasteiger partial charge on any atom is -0.378 e. The molecule has 0 aromatic carbocycles. The van der Waals surface area contributed by atoms with Crippen LogP contribution in [0.1, 0.15) is 12.8 Å². The molecule has 16 heavy (non-hydrogen) atoms. The second-order valence-electron chi connectivity index (χ2n) is 2.73. The van der Waals surface area contributed by atoms with Crippen molar-refractivity contribution in [2.24, 2.45) is 5.73 Å². The van der Waals surface area contributed by atoms with Gasteiger partial charge in [0.15, 0.2) is 0 Å². The van der Waals surface area contributed by atoms with Gasteiger partial charge in [0.25, 0.3) is 0 Å². The van der Waals surface area contributed by atoms with Crippen LogP contribution in [0, 0.1) is 0 Å². The lowest BCUT2D eigenvalue weighted by molar-refractivity contribution is -0.106. The molecule has 1 saturated heterocycles. The van der Waals surface area contributed by atoms with Crippen LogP contribution in [0.25, 0.3) is 0 Å². The van der Waals surface area contributed by atoms with Crippen LogP contribution in [-0.2, 0) is 15.5 Å². The average molecular weight is 270 g/mol. The third kappa shape index (κ3) is 13.4. The standard InChI is InChI=1S/C4H9NOS.C3H6O2S.CH3NO/c6-4-2-1-3-5(4)7;1-2-3-6(4)5;2-1-3/h4,6-7H,1-3H2;2,6H,1,3H2;1H,(H2,2,3)/t4-;;/m1../s1.